The monoisotopic (exact) mass is 248 g/mol. The molecule has 2 heteroatoms. The van der Waals surface area contributed by atoms with Gasteiger partial charge in [0.25, 0.3) is 0 Å². The van der Waals surface area contributed by atoms with Crippen molar-refractivity contribution in [1.29, 1.82) is 0 Å². The van der Waals surface area contributed by atoms with Gasteiger partial charge in [-0.3, -0.25) is 0 Å². The zero-order chi connectivity index (χ0) is 12.8. The lowest BCUT2D eigenvalue weighted by atomic mass is 9.98. The molecule has 0 N–H and O–H groups in total. The van der Waals surface area contributed by atoms with Crippen LogP contribution in [0.25, 0.3) is 0 Å². The molecular formula is C16H24O2. The maximum Gasteiger partial charge on any atom is 0.194 e. The lowest BCUT2D eigenvalue weighted by Gasteiger charge is -2.28. The van der Waals surface area contributed by atoms with E-state index in [0.717, 1.165) is 6.42 Å². The molecule has 18 heavy (non-hydrogen) atoms. The van der Waals surface area contributed by atoms with E-state index in [1.807, 2.05) is 0 Å². The first-order chi connectivity index (χ1) is 8.77. The van der Waals surface area contributed by atoms with E-state index in [2.05, 4.69) is 38.1 Å². The lowest BCUT2D eigenvalue weighted by molar-refractivity contribution is -0.171. The SMILES string of the molecule is CCCCCCC1(c2ccc(C)cc2)OCCO1. The first-order valence-electron chi connectivity index (χ1n) is 7.12. The molecule has 1 aliphatic heterocycles. The highest BCUT2D eigenvalue weighted by Crippen LogP contribution is 2.36. The van der Waals surface area contributed by atoms with Crippen LogP contribution in [0.2, 0.25) is 0 Å². The van der Waals surface area contributed by atoms with E-state index in [-0.39, 0.29) is 0 Å². The molecule has 100 valence electrons. The third-order valence-electron chi connectivity index (χ3n) is 3.60. The number of aryl methyl sites for hydroxylation is 1. The van der Waals surface area contributed by atoms with Crippen LogP contribution in [0.1, 0.15) is 50.2 Å². The highest BCUT2D eigenvalue weighted by atomic mass is 16.7. The molecular weight excluding hydrogens is 224 g/mol. The molecule has 1 aromatic carbocycles. The molecule has 1 heterocycles. The second-order valence-corrected chi connectivity index (χ2v) is 5.13. The van der Waals surface area contributed by atoms with Crippen molar-refractivity contribution in [3.63, 3.8) is 0 Å². The van der Waals surface area contributed by atoms with Gasteiger partial charge in [0.15, 0.2) is 5.79 Å². The summed E-state index contributed by atoms with van der Waals surface area (Å²) in [5.74, 6) is -0.471. The quantitative estimate of drug-likeness (QED) is 0.704. The minimum atomic E-state index is -0.471. The molecule has 2 rings (SSSR count). The first-order valence-corrected chi connectivity index (χ1v) is 7.12. The molecule has 1 aliphatic rings. The van der Waals surface area contributed by atoms with Crippen LogP contribution >= 0.6 is 0 Å². The topological polar surface area (TPSA) is 18.5 Å². The zero-order valence-corrected chi connectivity index (χ0v) is 11.6. The van der Waals surface area contributed by atoms with Crippen LogP contribution < -0.4 is 0 Å². The van der Waals surface area contributed by atoms with E-state index in [0.29, 0.717) is 13.2 Å². The summed E-state index contributed by atoms with van der Waals surface area (Å²) < 4.78 is 11.8. The van der Waals surface area contributed by atoms with Gasteiger partial charge in [-0.1, -0.05) is 56.0 Å². The van der Waals surface area contributed by atoms with Crippen molar-refractivity contribution in [3.8, 4) is 0 Å². The van der Waals surface area contributed by atoms with Crippen molar-refractivity contribution in [2.24, 2.45) is 0 Å². The number of rotatable bonds is 6. The van der Waals surface area contributed by atoms with E-state index in [1.165, 1.54) is 36.8 Å². The van der Waals surface area contributed by atoms with Crippen molar-refractivity contribution < 1.29 is 9.47 Å². The van der Waals surface area contributed by atoms with Crippen LogP contribution in [0.3, 0.4) is 0 Å². The van der Waals surface area contributed by atoms with Crippen molar-refractivity contribution in [2.45, 2.75) is 51.7 Å². The first kappa shape index (κ1) is 13.6. The Balaban J connectivity index is 2.04. The molecule has 2 nitrogen and oxygen atoms in total. The highest BCUT2D eigenvalue weighted by molar-refractivity contribution is 5.25. The van der Waals surface area contributed by atoms with Gasteiger partial charge in [-0.2, -0.15) is 0 Å². The third kappa shape index (κ3) is 3.12. The average molecular weight is 248 g/mol. The van der Waals surface area contributed by atoms with E-state index in [9.17, 15) is 0 Å². The maximum atomic E-state index is 5.92. The summed E-state index contributed by atoms with van der Waals surface area (Å²) in [6, 6.07) is 8.54. The van der Waals surface area contributed by atoms with Crippen LogP contribution in [-0.2, 0) is 15.3 Å². The van der Waals surface area contributed by atoms with E-state index >= 15 is 0 Å². The van der Waals surface area contributed by atoms with Gasteiger partial charge >= 0.3 is 0 Å². The summed E-state index contributed by atoms with van der Waals surface area (Å²) in [6.07, 6.45) is 5.96. The lowest BCUT2D eigenvalue weighted by Crippen LogP contribution is -2.27. The Kier molecular flexibility index (Phi) is 4.79. The molecule has 0 spiro atoms. The summed E-state index contributed by atoms with van der Waals surface area (Å²) in [4.78, 5) is 0. The van der Waals surface area contributed by atoms with Gasteiger partial charge in [0, 0.05) is 12.0 Å². The second kappa shape index (κ2) is 6.35. The highest BCUT2D eigenvalue weighted by Gasteiger charge is 2.37. The Labute approximate surface area is 110 Å². The smallest absolute Gasteiger partial charge is 0.194 e. The largest absolute Gasteiger partial charge is 0.343 e. The third-order valence-corrected chi connectivity index (χ3v) is 3.60. The molecule has 0 saturated carbocycles. The molecule has 0 amide bonds. The van der Waals surface area contributed by atoms with Crippen LogP contribution in [-0.4, -0.2) is 13.2 Å². The number of hydrogen-bond acceptors (Lipinski definition) is 2. The second-order valence-electron chi connectivity index (χ2n) is 5.13. The Bertz CT molecular complexity index is 350. The van der Waals surface area contributed by atoms with Gasteiger partial charge in [0.2, 0.25) is 0 Å². The fourth-order valence-electron chi connectivity index (χ4n) is 2.50. The van der Waals surface area contributed by atoms with Crippen LogP contribution in [0.4, 0.5) is 0 Å². The number of benzene rings is 1. The maximum absolute atomic E-state index is 5.92. The molecule has 0 unspecified atom stereocenters. The van der Waals surface area contributed by atoms with Crippen molar-refractivity contribution in [3.05, 3.63) is 35.4 Å². The minimum absolute atomic E-state index is 0.471. The number of unbranched alkanes of at least 4 members (excludes halogenated alkanes) is 3. The summed E-state index contributed by atoms with van der Waals surface area (Å²) in [6.45, 7) is 5.76. The molecule has 1 fully saturated rings. The Hall–Kier alpha value is -0.860. The molecule has 0 bridgehead atoms. The molecule has 0 aliphatic carbocycles. The van der Waals surface area contributed by atoms with Gasteiger partial charge in [-0.25, -0.2) is 0 Å². The van der Waals surface area contributed by atoms with E-state index in [4.69, 9.17) is 9.47 Å². The number of hydrogen-bond donors (Lipinski definition) is 0. The predicted molar refractivity (Wildman–Crippen MR) is 73.5 cm³/mol. The molecule has 1 saturated heterocycles. The van der Waals surface area contributed by atoms with Gasteiger partial charge in [0.05, 0.1) is 13.2 Å². The summed E-state index contributed by atoms with van der Waals surface area (Å²) in [5.41, 5.74) is 2.44. The summed E-state index contributed by atoms with van der Waals surface area (Å²) >= 11 is 0. The Morgan fingerprint density at radius 2 is 1.67 bits per heavy atom. The molecule has 0 atom stereocenters. The summed E-state index contributed by atoms with van der Waals surface area (Å²) in [7, 11) is 0. The zero-order valence-electron chi connectivity index (χ0n) is 11.6. The van der Waals surface area contributed by atoms with Crippen LogP contribution in [0, 0.1) is 6.92 Å². The minimum Gasteiger partial charge on any atom is -0.343 e. The summed E-state index contributed by atoms with van der Waals surface area (Å²) in [5, 5.41) is 0. The predicted octanol–water partition coefficient (Wildman–Crippen LogP) is 4.17. The van der Waals surface area contributed by atoms with Crippen LogP contribution in [0.15, 0.2) is 24.3 Å². The standard InChI is InChI=1S/C16H24O2/c1-3-4-5-6-11-16(17-12-13-18-16)15-9-7-14(2)8-10-15/h7-10H,3-6,11-13H2,1-2H3. The fourth-order valence-corrected chi connectivity index (χ4v) is 2.50. The van der Waals surface area contributed by atoms with Crippen molar-refractivity contribution in [1.82, 2.24) is 0 Å². The Morgan fingerprint density at radius 3 is 2.28 bits per heavy atom. The molecule has 0 radical (unpaired) electrons. The molecule has 0 aromatic heterocycles. The van der Waals surface area contributed by atoms with Gasteiger partial charge in [-0.15, -0.1) is 0 Å². The number of ether oxygens (including phenoxy) is 2. The molecule has 1 aromatic rings. The normalized spacial score (nSPS) is 18.1. The average Bonchev–Trinajstić information content (AvgIpc) is 2.85. The van der Waals surface area contributed by atoms with Gasteiger partial charge in [0.1, 0.15) is 0 Å². The van der Waals surface area contributed by atoms with Gasteiger partial charge in [-0.05, 0) is 13.3 Å². The van der Waals surface area contributed by atoms with Crippen molar-refractivity contribution >= 4 is 0 Å². The van der Waals surface area contributed by atoms with Crippen LogP contribution in [0.5, 0.6) is 0 Å². The fraction of sp³-hybridized carbons (Fsp3) is 0.625. The van der Waals surface area contributed by atoms with E-state index in [1.54, 1.807) is 0 Å². The van der Waals surface area contributed by atoms with Gasteiger partial charge < -0.3 is 9.47 Å². The Morgan fingerprint density at radius 1 is 1.00 bits per heavy atom. The van der Waals surface area contributed by atoms with E-state index < -0.39 is 5.79 Å². The van der Waals surface area contributed by atoms with Crippen molar-refractivity contribution in [2.75, 3.05) is 13.2 Å².